The van der Waals surface area contributed by atoms with E-state index in [9.17, 15) is 4.39 Å². The first-order chi connectivity index (χ1) is 12.0. The van der Waals surface area contributed by atoms with Crippen LogP contribution in [0, 0.1) is 12.4 Å². The fraction of sp³-hybridized carbons (Fsp3) is 0.111. The molecule has 5 nitrogen and oxygen atoms in total. The van der Waals surface area contributed by atoms with Gasteiger partial charge in [-0.15, -0.1) is 0 Å². The van der Waals surface area contributed by atoms with Crippen molar-refractivity contribution in [2.45, 2.75) is 6.92 Å². The van der Waals surface area contributed by atoms with Gasteiger partial charge in [0, 0.05) is 23.3 Å². The zero-order chi connectivity index (χ0) is 18.0. The summed E-state index contributed by atoms with van der Waals surface area (Å²) in [5, 5.41) is 3.77. The van der Waals surface area contributed by atoms with Crippen LogP contribution in [0.2, 0.25) is 5.02 Å². The van der Waals surface area contributed by atoms with Gasteiger partial charge in [0.25, 0.3) is 0 Å². The minimum absolute atomic E-state index is 0.00845. The van der Waals surface area contributed by atoms with Gasteiger partial charge in [0.1, 0.15) is 11.6 Å². The Bertz CT molecular complexity index is 1000. The van der Waals surface area contributed by atoms with Gasteiger partial charge in [-0.2, -0.15) is 0 Å². The number of nitrogens with one attached hydrogen (secondary N) is 1. The Morgan fingerprint density at radius 2 is 2.16 bits per heavy atom. The number of rotatable bonds is 4. The molecule has 1 aromatic heterocycles. The number of anilines is 3. The molecule has 0 fully saturated rings. The first kappa shape index (κ1) is 16.8. The van der Waals surface area contributed by atoms with Crippen LogP contribution in [0.4, 0.5) is 27.1 Å². The van der Waals surface area contributed by atoms with E-state index < -0.39 is 5.82 Å². The summed E-state index contributed by atoms with van der Waals surface area (Å²) in [6.07, 6.45) is 1.47. The summed E-state index contributed by atoms with van der Waals surface area (Å²) < 4.78 is 18.8. The van der Waals surface area contributed by atoms with E-state index in [1.165, 1.54) is 18.3 Å². The van der Waals surface area contributed by atoms with Crippen LogP contribution < -0.4 is 15.8 Å². The van der Waals surface area contributed by atoms with Crippen molar-refractivity contribution < 1.29 is 9.13 Å². The van der Waals surface area contributed by atoms with Gasteiger partial charge in [0.2, 0.25) is 5.69 Å². The number of benzene rings is 2. The zero-order valence-electron chi connectivity index (χ0n) is 13.3. The molecule has 0 aliphatic carbocycles. The van der Waals surface area contributed by atoms with E-state index in [1.54, 1.807) is 18.2 Å². The molecule has 0 aliphatic heterocycles. The topological polar surface area (TPSA) is 64.5 Å². The molecular formula is C18H14ClFN4O. The lowest BCUT2D eigenvalue weighted by atomic mass is 10.1. The van der Waals surface area contributed by atoms with E-state index in [-0.39, 0.29) is 5.02 Å². The molecule has 0 saturated carbocycles. The summed E-state index contributed by atoms with van der Waals surface area (Å²) in [5.41, 5.74) is 8.50. The van der Waals surface area contributed by atoms with E-state index in [0.29, 0.717) is 46.0 Å². The lowest BCUT2D eigenvalue weighted by molar-refractivity contribution is 0.342. The van der Waals surface area contributed by atoms with Crippen LogP contribution in [0.15, 0.2) is 36.5 Å². The molecule has 0 atom stereocenters. The quantitative estimate of drug-likeness (QED) is 0.491. The second-order valence-corrected chi connectivity index (χ2v) is 5.63. The Balaban J connectivity index is 2.15. The highest BCUT2D eigenvalue weighted by Gasteiger charge is 2.13. The van der Waals surface area contributed by atoms with Gasteiger partial charge in [0.15, 0.2) is 0 Å². The Labute approximate surface area is 149 Å². The van der Waals surface area contributed by atoms with Gasteiger partial charge in [-0.1, -0.05) is 11.6 Å². The predicted octanol–water partition coefficient (Wildman–Crippen LogP) is 5.30. The van der Waals surface area contributed by atoms with Crippen molar-refractivity contribution in [3.05, 3.63) is 58.8 Å². The predicted molar refractivity (Wildman–Crippen MR) is 98.3 cm³/mol. The van der Waals surface area contributed by atoms with Crippen LogP contribution in [0.25, 0.3) is 15.7 Å². The van der Waals surface area contributed by atoms with Gasteiger partial charge in [-0.3, -0.25) is 4.98 Å². The maximum atomic E-state index is 13.4. The van der Waals surface area contributed by atoms with Crippen LogP contribution >= 0.6 is 11.6 Å². The van der Waals surface area contributed by atoms with Crippen molar-refractivity contribution in [3.63, 3.8) is 0 Å². The van der Waals surface area contributed by atoms with Crippen LogP contribution in [0.5, 0.6) is 5.75 Å². The maximum absolute atomic E-state index is 13.4. The third kappa shape index (κ3) is 3.28. The van der Waals surface area contributed by atoms with Crippen LogP contribution in [-0.4, -0.2) is 11.6 Å². The van der Waals surface area contributed by atoms with E-state index in [2.05, 4.69) is 15.1 Å². The average molecular weight is 357 g/mol. The molecule has 3 rings (SSSR count). The number of nitrogens with two attached hydrogens (primary N) is 1. The molecular weight excluding hydrogens is 343 g/mol. The second kappa shape index (κ2) is 6.83. The van der Waals surface area contributed by atoms with Crippen molar-refractivity contribution >= 4 is 45.3 Å². The van der Waals surface area contributed by atoms with Crippen molar-refractivity contribution in [1.82, 2.24) is 4.98 Å². The minimum Gasteiger partial charge on any atom is -0.492 e. The van der Waals surface area contributed by atoms with Crippen LogP contribution in [-0.2, 0) is 0 Å². The molecule has 0 unspecified atom stereocenters. The van der Waals surface area contributed by atoms with Gasteiger partial charge < -0.3 is 15.8 Å². The summed E-state index contributed by atoms with van der Waals surface area (Å²) in [6.45, 7) is 9.71. The summed E-state index contributed by atoms with van der Waals surface area (Å²) in [6, 6.07) is 7.68. The molecule has 3 aromatic rings. The SMILES string of the molecule is [C-]#[N+]c1cnc2cc(OCC)c(N)cc2c1Nc1ccc(F)c(Cl)c1. The maximum Gasteiger partial charge on any atom is 0.228 e. The van der Waals surface area contributed by atoms with E-state index in [1.807, 2.05) is 6.92 Å². The lowest BCUT2D eigenvalue weighted by Crippen LogP contribution is -1.99. The standard InChI is InChI=1S/C18H14ClFN4O/c1-3-25-17-8-15-11(7-14(17)21)18(16(22-2)9-23-15)24-10-4-5-13(20)12(19)6-10/h4-9H,3,21H2,1H3,(H,23,24). The third-order valence-corrected chi connectivity index (χ3v) is 3.88. The highest BCUT2D eigenvalue weighted by molar-refractivity contribution is 6.31. The van der Waals surface area contributed by atoms with Crippen LogP contribution in [0.1, 0.15) is 6.92 Å². The number of hydrogen-bond donors (Lipinski definition) is 2. The number of pyridine rings is 1. The fourth-order valence-electron chi connectivity index (χ4n) is 2.44. The third-order valence-electron chi connectivity index (χ3n) is 3.59. The van der Waals surface area contributed by atoms with Crippen LogP contribution in [0.3, 0.4) is 0 Å². The fourth-order valence-corrected chi connectivity index (χ4v) is 2.62. The molecule has 2 aromatic carbocycles. The number of ether oxygens (including phenoxy) is 1. The summed E-state index contributed by atoms with van der Waals surface area (Å²) in [7, 11) is 0. The molecule has 0 aliphatic rings. The molecule has 7 heteroatoms. The van der Waals surface area contributed by atoms with Crippen molar-refractivity contribution in [2.75, 3.05) is 17.7 Å². The molecule has 0 bridgehead atoms. The molecule has 126 valence electrons. The Morgan fingerprint density at radius 3 is 2.84 bits per heavy atom. The first-order valence-electron chi connectivity index (χ1n) is 7.48. The molecule has 1 heterocycles. The monoisotopic (exact) mass is 356 g/mol. The van der Waals surface area contributed by atoms with Gasteiger partial charge >= 0.3 is 0 Å². The zero-order valence-corrected chi connectivity index (χ0v) is 14.1. The Kier molecular flexibility index (Phi) is 4.59. The number of nitrogen functional groups attached to an aromatic ring is 1. The second-order valence-electron chi connectivity index (χ2n) is 5.22. The van der Waals surface area contributed by atoms with Crippen molar-refractivity contribution in [1.29, 1.82) is 0 Å². The Hall–Kier alpha value is -3.04. The molecule has 0 radical (unpaired) electrons. The van der Waals surface area contributed by atoms with Gasteiger partial charge in [-0.25, -0.2) is 9.24 Å². The summed E-state index contributed by atoms with van der Waals surface area (Å²) in [5.74, 6) is 0.0247. The molecule has 0 saturated heterocycles. The number of nitrogens with zero attached hydrogens (tertiary/aromatic N) is 2. The highest BCUT2D eigenvalue weighted by atomic mass is 35.5. The summed E-state index contributed by atoms with van der Waals surface area (Å²) in [4.78, 5) is 7.79. The molecule has 3 N–H and O–H groups in total. The van der Waals surface area contributed by atoms with Crippen molar-refractivity contribution in [2.24, 2.45) is 0 Å². The smallest absolute Gasteiger partial charge is 0.228 e. The van der Waals surface area contributed by atoms with Gasteiger partial charge in [0.05, 0.1) is 35.1 Å². The Morgan fingerprint density at radius 1 is 1.36 bits per heavy atom. The lowest BCUT2D eigenvalue weighted by Gasteiger charge is -2.14. The van der Waals surface area contributed by atoms with E-state index in [4.69, 9.17) is 28.6 Å². The average Bonchev–Trinajstić information content (AvgIpc) is 2.60. The normalized spacial score (nSPS) is 10.5. The number of halogens is 2. The van der Waals surface area contributed by atoms with E-state index in [0.717, 1.165) is 0 Å². The molecule has 25 heavy (non-hydrogen) atoms. The van der Waals surface area contributed by atoms with Crippen molar-refractivity contribution in [3.8, 4) is 5.75 Å². The summed E-state index contributed by atoms with van der Waals surface area (Å²) >= 11 is 5.83. The minimum atomic E-state index is -0.511. The highest BCUT2D eigenvalue weighted by Crippen LogP contribution is 2.38. The van der Waals surface area contributed by atoms with E-state index >= 15 is 0 Å². The number of fused-ring (bicyclic) bond motifs is 1. The van der Waals surface area contributed by atoms with Gasteiger partial charge in [-0.05, 0) is 31.2 Å². The largest absolute Gasteiger partial charge is 0.492 e. The molecule has 0 spiro atoms. The molecule has 0 amide bonds. The first-order valence-corrected chi connectivity index (χ1v) is 7.85. The number of hydrogen-bond acceptors (Lipinski definition) is 4. The number of aromatic nitrogens is 1.